The van der Waals surface area contributed by atoms with Crippen LogP contribution >= 0.6 is 12.4 Å². The second-order valence-corrected chi connectivity index (χ2v) is 7.10. The second-order valence-electron chi connectivity index (χ2n) is 7.10. The molecule has 5 nitrogen and oxygen atoms in total. The molecule has 1 aliphatic carbocycles. The molecule has 8 heteroatoms. The molecular formula is C18H27ClF2N2O3. The van der Waals surface area contributed by atoms with Crippen molar-refractivity contribution >= 4 is 18.3 Å². The third-order valence-electron chi connectivity index (χ3n) is 5.00. The van der Waals surface area contributed by atoms with Crippen LogP contribution in [0.15, 0.2) is 18.2 Å². The van der Waals surface area contributed by atoms with E-state index in [-0.39, 0.29) is 42.8 Å². The highest BCUT2D eigenvalue weighted by Crippen LogP contribution is 2.49. The zero-order chi connectivity index (χ0) is 18.8. The number of hydrogen-bond donors (Lipinski definition) is 2. The van der Waals surface area contributed by atoms with Crippen molar-refractivity contribution in [3.63, 3.8) is 0 Å². The molecule has 3 N–H and O–H groups in total. The van der Waals surface area contributed by atoms with Gasteiger partial charge in [-0.3, -0.25) is 4.79 Å². The molecule has 1 saturated carbocycles. The first-order valence-corrected chi connectivity index (χ1v) is 8.41. The van der Waals surface area contributed by atoms with E-state index in [4.69, 9.17) is 15.2 Å². The van der Waals surface area contributed by atoms with Gasteiger partial charge >= 0.3 is 0 Å². The Labute approximate surface area is 159 Å². The summed E-state index contributed by atoms with van der Waals surface area (Å²) in [7, 11) is 0. The molecule has 1 aromatic carbocycles. The first kappa shape index (κ1) is 22.6. The lowest BCUT2D eigenvalue weighted by atomic mass is 9.54. The summed E-state index contributed by atoms with van der Waals surface area (Å²) >= 11 is 0. The summed E-state index contributed by atoms with van der Waals surface area (Å²) in [5.41, 5.74) is 4.79. The number of ether oxygens (including phenoxy) is 2. The van der Waals surface area contributed by atoms with Gasteiger partial charge in [-0.05, 0) is 26.0 Å². The number of rotatable bonds is 7. The smallest absolute Gasteiger partial charge is 0.241 e. The van der Waals surface area contributed by atoms with E-state index in [0.717, 1.165) is 12.1 Å². The van der Waals surface area contributed by atoms with E-state index in [2.05, 4.69) is 5.32 Å². The summed E-state index contributed by atoms with van der Waals surface area (Å²) < 4.78 is 37.3. The molecule has 0 saturated heterocycles. The van der Waals surface area contributed by atoms with Gasteiger partial charge in [-0.1, -0.05) is 13.8 Å². The van der Waals surface area contributed by atoms with Crippen molar-refractivity contribution in [1.29, 1.82) is 0 Å². The largest absolute Gasteiger partial charge is 0.488 e. The number of nitrogens with two attached hydrogens (primary N) is 1. The van der Waals surface area contributed by atoms with E-state index >= 15 is 0 Å². The number of benzene rings is 1. The molecule has 2 rings (SSSR count). The molecule has 0 bridgehead atoms. The van der Waals surface area contributed by atoms with Gasteiger partial charge in [0.15, 0.2) is 11.6 Å². The minimum Gasteiger partial charge on any atom is -0.488 e. The number of halogens is 3. The first-order valence-electron chi connectivity index (χ1n) is 8.41. The maximum atomic E-state index is 13.5. The fraction of sp³-hybridized carbons (Fsp3) is 0.611. The lowest BCUT2D eigenvalue weighted by Gasteiger charge is -2.57. The summed E-state index contributed by atoms with van der Waals surface area (Å²) in [5.74, 6) is -1.81. The first-order chi connectivity index (χ1) is 11.6. The number of amides is 1. The summed E-state index contributed by atoms with van der Waals surface area (Å²) in [5, 5.41) is 2.80. The molecule has 0 radical (unpaired) electrons. The zero-order valence-electron chi connectivity index (χ0n) is 15.5. The van der Waals surface area contributed by atoms with Crippen LogP contribution in [-0.2, 0) is 9.53 Å². The molecule has 0 spiro atoms. The molecule has 26 heavy (non-hydrogen) atoms. The Hall–Kier alpha value is -1.44. The normalized spacial score (nSPS) is 24.8. The van der Waals surface area contributed by atoms with Crippen molar-refractivity contribution in [1.82, 2.24) is 5.32 Å². The van der Waals surface area contributed by atoms with Gasteiger partial charge < -0.3 is 20.5 Å². The van der Waals surface area contributed by atoms with Crippen LogP contribution in [-0.4, -0.2) is 36.8 Å². The number of nitrogens with one attached hydrogen (secondary N) is 1. The second kappa shape index (κ2) is 8.50. The third-order valence-corrected chi connectivity index (χ3v) is 5.00. The van der Waals surface area contributed by atoms with Gasteiger partial charge in [0.25, 0.3) is 0 Å². The Balaban J connectivity index is 0.00000338. The fourth-order valence-corrected chi connectivity index (χ4v) is 3.02. The Kier molecular flexibility index (Phi) is 7.39. The molecule has 3 unspecified atom stereocenters. The van der Waals surface area contributed by atoms with Crippen molar-refractivity contribution in [2.45, 2.75) is 51.8 Å². The van der Waals surface area contributed by atoms with Gasteiger partial charge in [0.2, 0.25) is 5.91 Å². The molecule has 3 atom stereocenters. The number of carbonyl (C=O) groups is 1. The van der Waals surface area contributed by atoms with E-state index in [0.29, 0.717) is 13.0 Å². The SMILES string of the molecule is CCOC1CC(N)(C(=O)NC(C)COc2ccc(F)cc2F)C1(C)C.Cl. The molecule has 1 fully saturated rings. The van der Waals surface area contributed by atoms with Gasteiger partial charge in [0.05, 0.1) is 12.1 Å². The van der Waals surface area contributed by atoms with E-state index < -0.39 is 22.6 Å². The third kappa shape index (κ3) is 4.27. The average molecular weight is 393 g/mol. The van der Waals surface area contributed by atoms with E-state index in [1.54, 1.807) is 6.92 Å². The highest BCUT2D eigenvalue weighted by molar-refractivity contribution is 5.89. The Morgan fingerprint density at radius 1 is 1.42 bits per heavy atom. The highest BCUT2D eigenvalue weighted by Gasteiger charge is 2.62. The molecule has 1 aromatic rings. The van der Waals surface area contributed by atoms with Crippen LogP contribution in [0, 0.1) is 17.0 Å². The Bertz CT molecular complexity index is 645. The van der Waals surface area contributed by atoms with Crippen LogP contribution in [0.5, 0.6) is 5.75 Å². The molecule has 0 heterocycles. The number of hydrogen-bond acceptors (Lipinski definition) is 4. The van der Waals surface area contributed by atoms with Crippen molar-refractivity contribution in [3.05, 3.63) is 29.8 Å². The predicted molar refractivity (Wildman–Crippen MR) is 97.4 cm³/mol. The van der Waals surface area contributed by atoms with E-state index in [9.17, 15) is 13.6 Å². The van der Waals surface area contributed by atoms with Gasteiger partial charge in [0, 0.05) is 24.5 Å². The lowest BCUT2D eigenvalue weighted by molar-refractivity contribution is -0.171. The van der Waals surface area contributed by atoms with Crippen LogP contribution in [0.4, 0.5) is 8.78 Å². The summed E-state index contributed by atoms with van der Waals surface area (Å²) in [4.78, 5) is 12.6. The molecule has 1 amide bonds. The van der Waals surface area contributed by atoms with Crippen molar-refractivity contribution < 1.29 is 23.0 Å². The molecule has 148 valence electrons. The van der Waals surface area contributed by atoms with E-state index in [1.807, 2.05) is 20.8 Å². The van der Waals surface area contributed by atoms with Gasteiger partial charge in [-0.25, -0.2) is 8.78 Å². The Morgan fingerprint density at radius 3 is 2.62 bits per heavy atom. The Morgan fingerprint density at radius 2 is 2.08 bits per heavy atom. The standard InChI is InChI=1S/C18H26F2N2O3.ClH/c1-5-24-15-9-18(21,17(15,3)4)16(23)22-11(2)10-25-14-7-6-12(19)8-13(14)20;/h6-8,11,15H,5,9-10,21H2,1-4H3,(H,22,23);1H. The molecule has 1 aliphatic rings. The maximum Gasteiger partial charge on any atom is 0.241 e. The van der Waals surface area contributed by atoms with Crippen molar-refractivity contribution in [2.24, 2.45) is 11.1 Å². The lowest BCUT2D eigenvalue weighted by Crippen LogP contribution is -2.76. The van der Waals surface area contributed by atoms with Crippen LogP contribution in [0.3, 0.4) is 0 Å². The van der Waals surface area contributed by atoms with Crippen LogP contribution in [0.2, 0.25) is 0 Å². The maximum absolute atomic E-state index is 13.5. The summed E-state index contributed by atoms with van der Waals surface area (Å²) in [6, 6.07) is 2.68. The predicted octanol–water partition coefficient (Wildman–Crippen LogP) is 2.80. The minimum absolute atomic E-state index is 0. The molecule has 0 aromatic heterocycles. The van der Waals surface area contributed by atoms with Gasteiger partial charge in [-0.15, -0.1) is 12.4 Å². The van der Waals surface area contributed by atoms with E-state index in [1.165, 1.54) is 6.07 Å². The van der Waals surface area contributed by atoms with Crippen LogP contribution < -0.4 is 15.8 Å². The zero-order valence-corrected chi connectivity index (χ0v) is 16.3. The monoisotopic (exact) mass is 392 g/mol. The molecular weight excluding hydrogens is 366 g/mol. The summed E-state index contributed by atoms with van der Waals surface area (Å²) in [6.45, 7) is 8.06. The quantitative estimate of drug-likeness (QED) is 0.748. The summed E-state index contributed by atoms with van der Waals surface area (Å²) in [6.07, 6.45) is 0.382. The van der Waals surface area contributed by atoms with Gasteiger partial charge in [-0.2, -0.15) is 0 Å². The van der Waals surface area contributed by atoms with Crippen molar-refractivity contribution in [3.8, 4) is 5.75 Å². The van der Waals surface area contributed by atoms with Crippen LogP contribution in [0.1, 0.15) is 34.1 Å². The van der Waals surface area contributed by atoms with Gasteiger partial charge in [0.1, 0.15) is 18.0 Å². The minimum atomic E-state index is -1.03. The average Bonchev–Trinajstić information content (AvgIpc) is 2.53. The number of carbonyl (C=O) groups excluding carboxylic acids is 1. The topological polar surface area (TPSA) is 73.6 Å². The highest BCUT2D eigenvalue weighted by atomic mass is 35.5. The fourth-order valence-electron chi connectivity index (χ4n) is 3.02. The van der Waals surface area contributed by atoms with Crippen molar-refractivity contribution in [2.75, 3.05) is 13.2 Å². The van der Waals surface area contributed by atoms with Crippen LogP contribution in [0.25, 0.3) is 0 Å². The molecule has 0 aliphatic heterocycles.